The fourth-order valence-electron chi connectivity index (χ4n) is 1.95. The molecule has 1 aromatic heterocycles. The van der Waals surface area contributed by atoms with E-state index < -0.39 is 0 Å². The normalized spacial score (nSPS) is 15.6. The Bertz CT molecular complexity index is 342. The molecule has 2 rings (SSSR count). The van der Waals surface area contributed by atoms with Crippen molar-refractivity contribution in [1.82, 2.24) is 4.98 Å². The lowest BCUT2D eigenvalue weighted by Gasteiger charge is -2.38. The summed E-state index contributed by atoms with van der Waals surface area (Å²) in [4.78, 5) is 6.87. The molecule has 16 heavy (non-hydrogen) atoms. The first-order chi connectivity index (χ1) is 7.85. The second-order valence-corrected chi connectivity index (χ2v) is 4.80. The standard InChI is InChI=1S/C12H17BrN2O/c1-16-12-7-3-6-11(14-12)15(9-8-13)10-4-2-5-10/h3,6-7,10H,2,4-5,8-9H2,1H3. The van der Waals surface area contributed by atoms with Crippen LogP contribution in [0.5, 0.6) is 5.88 Å². The Kier molecular flexibility index (Phi) is 4.04. The van der Waals surface area contributed by atoms with Gasteiger partial charge < -0.3 is 9.64 Å². The van der Waals surface area contributed by atoms with Gasteiger partial charge in [0.1, 0.15) is 5.82 Å². The topological polar surface area (TPSA) is 25.4 Å². The highest BCUT2D eigenvalue weighted by molar-refractivity contribution is 9.09. The zero-order valence-corrected chi connectivity index (χ0v) is 11.1. The molecular weight excluding hydrogens is 268 g/mol. The van der Waals surface area contributed by atoms with Crippen molar-refractivity contribution in [1.29, 1.82) is 0 Å². The number of anilines is 1. The Labute approximate surface area is 105 Å². The van der Waals surface area contributed by atoms with Crippen LogP contribution >= 0.6 is 15.9 Å². The highest BCUT2D eigenvalue weighted by atomic mass is 79.9. The van der Waals surface area contributed by atoms with Gasteiger partial charge in [-0.1, -0.05) is 22.0 Å². The molecular formula is C12H17BrN2O. The van der Waals surface area contributed by atoms with E-state index >= 15 is 0 Å². The van der Waals surface area contributed by atoms with E-state index in [1.165, 1.54) is 19.3 Å². The van der Waals surface area contributed by atoms with Crippen molar-refractivity contribution in [3.8, 4) is 5.88 Å². The number of nitrogens with zero attached hydrogens (tertiary/aromatic N) is 2. The summed E-state index contributed by atoms with van der Waals surface area (Å²) in [5.74, 6) is 1.72. The second kappa shape index (κ2) is 5.53. The SMILES string of the molecule is COc1cccc(N(CCBr)C2CCC2)n1. The average molecular weight is 285 g/mol. The van der Waals surface area contributed by atoms with E-state index in [1.54, 1.807) is 7.11 Å². The van der Waals surface area contributed by atoms with Crippen molar-refractivity contribution >= 4 is 21.7 Å². The molecule has 1 fully saturated rings. The minimum Gasteiger partial charge on any atom is -0.481 e. The van der Waals surface area contributed by atoms with Crippen LogP contribution in [0.4, 0.5) is 5.82 Å². The second-order valence-electron chi connectivity index (χ2n) is 4.01. The number of hydrogen-bond donors (Lipinski definition) is 0. The van der Waals surface area contributed by atoms with Crippen molar-refractivity contribution in [2.75, 3.05) is 23.9 Å². The smallest absolute Gasteiger partial charge is 0.214 e. The summed E-state index contributed by atoms with van der Waals surface area (Å²) < 4.78 is 5.17. The minimum atomic E-state index is 0.664. The monoisotopic (exact) mass is 284 g/mol. The van der Waals surface area contributed by atoms with Gasteiger partial charge in [0.25, 0.3) is 0 Å². The number of hydrogen-bond acceptors (Lipinski definition) is 3. The van der Waals surface area contributed by atoms with Crippen molar-refractivity contribution in [2.24, 2.45) is 0 Å². The molecule has 0 radical (unpaired) electrons. The summed E-state index contributed by atoms with van der Waals surface area (Å²) in [7, 11) is 1.66. The zero-order valence-electron chi connectivity index (χ0n) is 9.53. The van der Waals surface area contributed by atoms with Gasteiger partial charge in [0, 0.05) is 24.0 Å². The molecule has 0 bridgehead atoms. The van der Waals surface area contributed by atoms with E-state index in [1.807, 2.05) is 12.1 Å². The molecule has 1 saturated carbocycles. The van der Waals surface area contributed by atoms with Crippen molar-refractivity contribution in [3.63, 3.8) is 0 Å². The van der Waals surface area contributed by atoms with Gasteiger partial charge in [0.15, 0.2) is 0 Å². The Balaban J connectivity index is 2.16. The molecule has 4 heteroatoms. The maximum atomic E-state index is 5.17. The Morgan fingerprint density at radius 2 is 2.31 bits per heavy atom. The van der Waals surface area contributed by atoms with Crippen molar-refractivity contribution in [2.45, 2.75) is 25.3 Å². The van der Waals surface area contributed by atoms with E-state index in [0.717, 1.165) is 17.7 Å². The molecule has 0 N–H and O–H groups in total. The largest absolute Gasteiger partial charge is 0.481 e. The predicted molar refractivity (Wildman–Crippen MR) is 69.6 cm³/mol. The molecule has 1 aliphatic rings. The summed E-state index contributed by atoms with van der Waals surface area (Å²) in [5.41, 5.74) is 0. The molecule has 0 aromatic carbocycles. The Morgan fingerprint density at radius 3 is 2.88 bits per heavy atom. The lowest BCUT2D eigenvalue weighted by molar-refractivity contribution is 0.380. The number of alkyl halides is 1. The molecule has 3 nitrogen and oxygen atoms in total. The minimum absolute atomic E-state index is 0.664. The first-order valence-corrected chi connectivity index (χ1v) is 6.81. The first-order valence-electron chi connectivity index (χ1n) is 5.69. The molecule has 1 aliphatic carbocycles. The zero-order chi connectivity index (χ0) is 11.4. The fourth-order valence-corrected chi connectivity index (χ4v) is 2.33. The Hall–Kier alpha value is -0.770. The van der Waals surface area contributed by atoms with Gasteiger partial charge in [-0.3, -0.25) is 0 Å². The van der Waals surface area contributed by atoms with Crippen LogP contribution in [-0.4, -0.2) is 30.0 Å². The van der Waals surface area contributed by atoms with Gasteiger partial charge in [-0.05, 0) is 25.3 Å². The van der Waals surface area contributed by atoms with Crippen LogP contribution < -0.4 is 9.64 Å². The molecule has 0 spiro atoms. The third-order valence-corrected chi connectivity index (χ3v) is 3.41. The van der Waals surface area contributed by atoms with Crippen molar-refractivity contribution < 1.29 is 4.74 Å². The molecule has 0 amide bonds. The molecule has 0 atom stereocenters. The first kappa shape index (κ1) is 11.7. The van der Waals surface area contributed by atoms with Gasteiger partial charge in [-0.25, -0.2) is 0 Å². The van der Waals surface area contributed by atoms with Crippen LogP contribution in [-0.2, 0) is 0 Å². The van der Waals surface area contributed by atoms with Crippen LogP contribution in [0.2, 0.25) is 0 Å². The predicted octanol–water partition coefficient (Wildman–Crippen LogP) is 2.84. The van der Waals surface area contributed by atoms with E-state index in [9.17, 15) is 0 Å². The maximum absolute atomic E-state index is 5.17. The molecule has 0 saturated heterocycles. The summed E-state index contributed by atoms with van der Waals surface area (Å²) >= 11 is 3.50. The van der Waals surface area contributed by atoms with Crippen LogP contribution in [0.15, 0.2) is 18.2 Å². The highest BCUT2D eigenvalue weighted by Gasteiger charge is 2.25. The Morgan fingerprint density at radius 1 is 1.50 bits per heavy atom. The lowest BCUT2D eigenvalue weighted by atomic mass is 9.91. The third kappa shape index (κ3) is 2.48. The van der Waals surface area contributed by atoms with Gasteiger partial charge in [-0.15, -0.1) is 0 Å². The summed E-state index contributed by atoms with van der Waals surface area (Å²) in [6.45, 7) is 1.00. The third-order valence-electron chi connectivity index (χ3n) is 3.05. The average Bonchev–Trinajstić information content (AvgIpc) is 2.26. The maximum Gasteiger partial charge on any atom is 0.214 e. The lowest BCUT2D eigenvalue weighted by Crippen LogP contribution is -2.41. The number of methoxy groups -OCH3 is 1. The van der Waals surface area contributed by atoms with Gasteiger partial charge in [0.2, 0.25) is 5.88 Å². The number of ether oxygens (including phenoxy) is 1. The van der Waals surface area contributed by atoms with Crippen molar-refractivity contribution in [3.05, 3.63) is 18.2 Å². The summed E-state index contributed by atoms with van der Waals surface area (Å²) in [5, 5.41) is 0.975. The molecule has 0 aliphatic heterocycles. The molecule has 0 unspecified atom stereocenters. The quantitative estimate of drug-likeness (QED) is 0.778. The number of aromatic nitrogens is 1. The molecule has 1 aromatic rings. The van der Waals surface area contributed by atoms with E-state index in [-0.39, 0.29) is 0 Å². The number of halogens is 1. The van der Waals surface area contributed by atoms with E-state index in [0.29, 0.717) is 11.9 Å². The van der Waals surface area contributed by atoms with E-state index in [4.69, 9.17) is 4.74 Å². The fraction of sp³-hybridized carbons (Fsp3) is 0.583. The van der Waals surface area contributed by atoms with Crippen LogP contribution in [0.25, 0.3) is 0 Å². The summed E-state index contributed by atoms with van der Waals surface area (Å²) in [6.07, 6.45) is 3.91. The molecule has 1 heterocycles. The summed E-state index contributed by atoms with van der Waals surface area (Å²) in [6, 6.07) is 6.61. The van der Waals surface area contributed by atoms with Gasteiger partial charge in [0.05, 0.1) is 7.11 Å². The number of rotatable bonds is 5. The highest BCUT2D eigenvalue weighted by Crippen LogP contribution is 2.29. The van der Waals surface area contributed by atoms with E-state index in [2.05, 4.69) is 31.9 Å². The van der Waals surface area contributed by atoms with Crippen LogP contribution in [0, 0.1) is 0 Å². The van der Waals surface area contributed by atoms with Crippen LogP contribution in [0.1, 0.15) is 19.3 Å². The molecule has 88 valence electrons. The van der Waals surface area contributed by atoms with Crippen LogP contribution in [0.3, 0.4) is 0 Å². The van der Waals surface area contributed by atoms with Gasteiger partial charge >= 0.3 is 0 Å². The number of pyridine rings is 1. The van der Waals surface area contributed by atoms with Gasteiger partial charge in [-0.2, -0.15) is 4.98 Å².